The zero-order valence-corrected chi connectivity index (χ0v) is 14.2. The summed E-state index contributed by atoms with van der Waals surface area (Å²) in [6.45, 7) is 3.51. The van der Waals surface area contributed by atoms with Crippen LogP contribution in [-0.2, 0) is 14.8 Å². The van der Waals surface area contributed by atoms with Gasteiger partial charge in [0.15, 0.2) is 0 Å². The second kappa shape index (κ2) is 5.86. The molecule has 2 aliphatic carbocycles. The molecule has 1 aromatic heterocycles. The predicted octanol–water partition coefficient (Wildman–Crippen LogP) is 1.60. The Labute approximate surface area is 134 Å². The summed E-state index contributed by atoms with van der Waals surface area (Å²) in [6, 6.07) is 0.0151. The molecule has 1 heterocycles. The first-order valence-electron chi connectivity index (χ1n) is 7.52. The van der Waals surface area contributed by atoms with Crippen LogP contribution < -0.4 is 10.0 Å². The van der Waals surface area contributed by atoms with Crippen LogP contribution in [-0.4, -0.2) is 30.6 Å². The summed E-state index contributed by atoms with van der Waals surface area (Å²) in [5.74, 6) is 0.707. The van der Waals surface area contributed by atoms with E-state index in [0.717, 1.165) is 30.6 Å². The van der Waals surface area contributed by atoms with Crippen LogP contribution in [0.5, 0.6) is 0 Å². The molecular weight excluding hydrogens is 324 g/mol. The first kappa shape index (κ1) is 15.8. The van der Waals surface area contributed by atoms with Gasteiger partial charge in [-0.3, -0.25) is 4.79 Å². The molecule has 0 spiro atoms. The lowest BCUT2D eigenvalue weighted by Gasteiger charge is -2.21. The van der Waals surface area contributed by atoms with Crippen molar-refractivity contribution in [2.24, 2.45) is 17.8 Å². The number of nitrogens with one attached hydrogen (secondary N) is 2. The zero-order chi connectivity index (χ0) is 15.9. The summed E-state index contributed by atoms with van der Waals surface area (Å²) in [5.41, 5.74) is 0. The zero-order valence-electron chi connectivity index (χ0n) is 12.6. The van der Waals surface area contributed by atoms with Crippen LogP contribution in [0.4, 0.5) is 5.13 Å². The van der Waals surface area contributed by atoms with E-state index < -0.39 is 10.0 Å². The molecule has 1 aromatic rings. The van der Waals surface area contributed by atoms with Crippen molar-refractivity contribution in [3.05, 3.63) is 0 Å². The van der Waals surface area contributed by atoms with E-state index in [0.29, 0.717) is 11.8 Å². The van der Waals surface area contributed by atoms with Crippen molar-refractivity contribution in [1.29, 1.82) is 0 Å². The van der Waals surface area contributed by atoms with Crippen molar-refractivity contribution in [2.45, 2.75) is 49.9 Å². The molecule has 0 aromatic carbocycles. The third-order valence-corrected chi connectivity index (χ3v) is 7.13. The Balaban J connectivity index is 1.67. The largest absolute Gasteiger partial charge is 0.300 e. The van der Waals surface area contributed by atoms with Crippen molar-refractivity contribution < 1.29 is 13.2 Å². The van der Waals surface area contributed by atoms with Gasteiger partial charge in [-0.05, 0) is 31.1 Å². The molecule has 9 heteroatoms. The lowest BCUT2D eigenvalue weighted by Crippen LogP contribution is -2.38. The molecule has 0 radical (unpaired) electrons. The van der Waals surface area contributed by atoms with Gasteiger partial charge in [0.2, 0.25) is 15.4 Å². The smallest absolute Gasteiger partial charge is 0.270 e. The number of fused-ring (bicyclic) bond motifs is 2. The average Bonchev–Trinajstić information content (AvgIpc) is 3.13. The first-order valence-corrected chi connectivity index (χ1v) is 9.82. The van der Waals surface area contributed by atoms with Gasteiger partial charge in [-0.1, -0.05) is 31.6 Å². The maximum atomic E-state index is 12.4. The number of rotatable bonds is 5. The van der Waals surface area contributed by atoms with E-state index >= 15 is 0 Å². The lowest BCUT2D eigenvalue weighted by atomic mass is 9.96. The Morgan fingerprint density at radius 3 is 2.64 bits per heavy atom. The fraction of sp³-hybridized carbons (Fsp3) is 0.769. The fourth-order valence-electron chi connectivity index (χ4n) is 3.26. The molecule has 122 valence electrons. The Bertz CT molecular complexity index is 671. The van der Waals surface area contributed by atoms with E-state index in [2.05, 4.69) is 20.2 Å². The summed E-state index contributed by atoms with van der Waals surface area (Å²) in [7, 11) is -3.66. The van der Waals surface area contributed by atoms with Crippen LogP contribution in [0.1, 0.15) is 39.5 Å². The lowest BCUT2D eigenvalue weighted by molar-refractivity contribution is -0.118. The molecule has 0 unspecified atom stereocenters. The maximum Gasteiger partial charge on any atom is 0.270 e. The number of carbonyl (C=O) groups excluding carboxylic acids is 1. The van der Waals surface area contributed by atoms with Gasteiger partial charge in [0.25, 0.3) is 10.0 Å². The monoisotopic (exact) mass is 344 g/mol. The number of amides is 1. The van der Waals surface area contributed by atoms with E-state index in [1.165, 1.54) is 6.42 Å². The van der Waals surface area contributed by atoms with Crippen molar-refractivity contribution in [3.63, 3.8) is 0 Å². The molecule has 2 N–H and O–H groups in total. The Morgan fingerprint density at radius 1 is 1.27 bits per heavy atom. The molecule has 1 amide bonds. The molecule has 7 nitrogen and oxygen atoms in total. The summed E-state index contributed by atoms with van der Waals surface area (Å²) in [6.07, 6.45) is 4.36. The minimum atomic E-state index is -3.66. The minimum absolute atomic E-state index is 0.0151. The van der Waals surface area contributed by atoms with Gasteiger partial charge >= 0.3 is 0 Å². The molecule has 2 saturated carbocycles. The maximum absolute atomic E-state index is 12.4. The summed E-state index contributed by atoms with van der Waals surface area (Å²) < 4.78 is 27.4. The molecule has 2 bridgehead atoms. The molecule has 0 saturated heterocycles. The van der Waals surface area contributed by atoms with Gasteiger partial charge in [-0.25, -0.2) is 13.1 Å². The highest BCUT2D eigenvalue weighted by Gasteiger charge is 2.41. The molecular formula is C13H20N4O3S2. The number of nitrogens with zero attached hydrogens (tertiary/aromatic N) is 2. The summed E-state index contributed by atoms with van der Waals surface area (Å²) in [4.78, 5) is 11.6. The molecule has 0 aliphatic heterocycles. The first-order chi connectivity index (χ1) is 10.3. The molecule has 22 heavy (non-hydrogen) atoms. The number of sulfonamides is 1. The van der Waals surface area contributed by atoms with E-state index in [-0.39, 0.29) is 27.3 Å². The van der Waals surface area contributed by atoms with Crippen molar-refractivity contribution in [3.8, 4) is 0 Å². The van der Waals surface area contributed by atoms with Crippen molar-refractivity contribution >= 4 is 32.4 Å². The number of hydrogen-bond acceptors (Lipinski definition) is 6. The van der Waals surface area contributed by atoms with Gasteiger partial charge in [0, 0.05) is 12.0 Å². The number of aromatic nitrogens is 2. The van der Waals surface area contributed by atoms with Gasteiger partial charge in [0.05, 0.1) is 0 Å². The fourth-order valence-corrected chi connectivity index (χ4v) is 5.49. The van der Waals surface area contributed by atoms with E-state index in [4.69, 9.17) is 0 Å². The molecule has 2 aliphatic rings. The Hall–Kier alpha value is -1.06. The molecule has 3 rings (SSSR count). The van der Waals surface area contributed by atoms with Gasteiger partial charge < -0.3 is 5.32 Å². The summed E-state index contributed by atoms with van der Waals surface area (Å²) >= 11 is 0.884. The third-order valence-electron chi connectivity index (χ3n) is 4.44. The van der Waals surface area contributed by atoms with Crippen LogP contribution in [0.25, 0.3) is 0 Å². The normalized spacial score (nSPS) is 27.5. The van der Waals surface area contributed by atoms with Crippen LogP contribution >= 0.6 is 11.3 Å². The topological polar surface area (TPSA) is 101 Å². The van der Waals surface area contributed by atoms with Crippen molar-refractivity contribution in [2.75, 3.05) is 5.32 Å². The van der Waals surface area contributed by atoms with Crippen LogP contribution in [0.15, 0.2) is 4.34 Å². The van der Waals surface area contributed by atoms with Crippen molar-refractivity contribution in [1.82, 2.24) is 14.9 Å². The van der Waals surface area contributed by atoms with E-state index in [9.17, 15) is 13.2 Å². The summed E-state index contributed by atoms with van der Waals surface area (Å²) in [5, 5.41) is 10.2. The second-order valence-electron chi connectivity index (χ2n) is 6.42. The van der Waals surface area contributed by atoms with E-state index in [1.807, 2.05) is 0 Å². The van der Waals surface area contributed by atoms with Crippen LogP contribution in [0.3, 0.4) is 0 Å². The number of anilines is 1. The molecule has 2 fully saturated rings. The SMILES string of the molecule is CC(C)C(=O)Nc1nnc(S(=O)(=O)N[C@@H]2C[C@H]3CC[C@@H]2C3)s1. The molecule has 3 atom stereocenters. The van der Waals surface area contributed by atoms with Crippen LogP contribution in [0.2, 0.25) is 0 Å². The van der Waals surface area contributed by atoms with Gasteiger partial charge in [-0.15, -0.1) is 10.2 Å². The van der Waals surface area contributed by atoms with Gasteiger partial charge in [0.1, 0.15) is 0 Å². The number of carbonyl (C=O) groups is 1. The Morgan fingerprint density at radius 2 is 2.05 bits per heavy atom. The second-order valence-corrected chi connectivity index (χ2v) is 9.28. The third kappa shape index (κ3) is 3.16. The number of hydrogen-bond donors (Lipinski definition) is 2. The highest BCUT2D eigenvalue weighted by Crippen LogP contribution is 2.44. The Kier molecular flexibility index (Phi) is 4.21. The van der Waals surface area contributed by atoms with Gasteiger partial charge in [-0.2, -0.15) is 0 Å². The minimum Gasteiger partial charge on any atom is -0.300 e. The predicted molar refractivity (Wildman–Crippen MR) is 82.9 cm³/mol. The van der Waals surface area contributed by atoms with Crippen LogP contribution in [0, 0.1) is 17.8 Å². The highest BCUT2D eigenvalue weighted by molar-refractivity contribution is 7.91. The van der Waals surface area contributed by atoms with E-state index in [1.54, 1.807) is 13.8 Å². The standard InChI is InChI=1S/C13H20N4O3S2/c1-7(2)11(18)14-12-15-16-13(21-12)22(19,20)17-10-6-8-3-4-9(10)5-8/h7-10,17H,3-6H2,1-2H3,(H,14,15,18)/t8-,9+,10+/m0/s1. The highest BCUT2D eigenvalue weighted by atomic mass is 32.2. The quantitative estimate of drug-likeness (QED) is 0.790. The average molecular weight is 344 g/mol.